The number of urea groups is 1. The molecule has 3 heterocycles. The van der Waals surface area contributed by atoms with E-state index >= 15 is 0 Å². The molecular weight excluding hydrogens is 336 g/mol. The summed E-state index contributed by atoms with van der Waals surface area (Å²) in [5, 5.41) is 9.90. The number of aromatic nitrogens is 2. The van der Waals surface area contributed by atoms with E-state index in [1.807, 2.05) is 36.6 Å². The predicted molar refractivity (Wildman–Crippen MR) is 94.5 cm³/mol. The molecule has 0 saturated carbocycles. The zero-order chi connectivity index (χ0) is 15.1. The molecule has 1 aromatic carbocycles. The van der Waals surface area contributed by atoms with E-state index < -0.39 is 0 Å². The van der Waals surface area contributed by atoms with Crippen molar-refractivity contribution in [2.45, 2.75) is 6.92 Å². The number of benzene rings is 1. The lowest BCUT2D eigenvalue weighted by atomic mass is 10.3. The summed E-state index contributed by atoms with van der Waals surface area (Å²) in [7, 11) is 0. The number of anilines is 2. The van der Waals surface area contributed by atoms with Crippen LogP contribution < -0.4 is 10.6 Å². The molecule has 5 nitrogen and oxygen atoms in total. The molecule has 0 radical (unpaired) electrons. The van der Waals surface area contributed by atoms with Crippen LogP contribution in [0.3, 0.4) is 0 Å². The minimum atomic E-state index is -0.279. The van der Waals surface area contributed by atoms with E-state index in [4.69, 9.17) is 0 Å². The van der Waals surface area contributed by atoms with Gasteiger partial charge >= 0.3 is 6.03 Å². The molecular formula is C14H10N4OS3. The molecule has 0 aliphatic carbocycles. The number of fused-ring (bicyclic) bond motifs is 3. The molecule has 0 saturated heterocycles. The number of nitrogens with zero attached hydrogens (tertiary/aromatic N) is 2. The molecule has 4 aromatic rings. The number of aryl methyl sites for hydroxylation is 1. The van der Waals surface area contributed by atoms with Crippen LogP contribution in [0.25, 0.3) is 20.4 Å². The molecule has 22 heavy (non-hydrogen) atoms. The summed E-state index contributed by atoms with van der Waals surface area (Å²) in [6.45, 7) is 1.99. The van der Waals surface area contributed by atoms with Crippen LogP contribution in [0.4, 0.5) is 14.9 Å². The van der Waals surface area contributed by atoms with Gasteiger partial charge in [-0.2, -0.15) is 0 Å². The Balaban J connectivity index is 1.64. The van der Waals surface area contributed by atoms with Gasteiger partial charge in [-0.3, -0.25) is 10.6 Å². The van der Waals surface area contributed by atoms with Gasteiger partial charge in [0.15, 0.2) is 5.13 Å². The van der Waals surface area contributed by atoms with Gasteiger partial charge in [0.25, 0.3) is 0 Å². The summed E-state index contributed by atoms with van der Waals surface area (Å²) < 4.78 is 2.19. The van der Waals surface area contributed by atoms with Gasteiger partial charge in [0.05, 0.1) is 30.4 Å². The zero-order valence-electron chi connectivity index (χ0n) is 11.4. The fraction of sp³-hybridized carbons (Fsp3) is 0.0714. The van der Waals surface area contributed by atoms with Gasteiger partial charge in [-0.15, -0.1) is 22.7 Å². The number of nitrogens with one attached hydrogen (secondary N) is 2. The number of hydrogen-bond donors (Lipinski definition) is 2. The molecule has 0 fully saturated rings. The van der Waals surface area contributed by atoms with Crippen molar-refractivity contribution in [2.75, 3.05) is 10.6 Å². The topological polar surface area (TPSA) is 66.9 Å². The monoisotopic (exact) mass is 346 g/mol. The summed E-state index contributed by atoms with van der Waals surface area (Å²) in [6.07, 6.45) is 0. The molecule has 2 N–H and O–H groups in total. The highest BCUT2D eigenvalue weighted by atomic mass is 32.1. The van der Waals surface area contributed by atoms with Crippen molar-refractivity contribution in [2.24, 2.45) is 0 Å². The third-order valence-corrected chi connectivity index (χ3v) is 5.92. The Bertz CT molecular complexity index is 971. The van der Waals surface area contributed by atoms with Crippen LogP contribution in [-0.2, 0) is 0 Å². The molecule has 2 amide bonds. The lowest BCUT2D eigenvalue weighted by molar-refractivity contribution is 0.262. The summed E-state index contributed by atoms with van der Waals surface area (Å²) in [6, 6.07) is 7.37. The van der Waals surface area contributed by atoms with Crippen molar-refractivity contribution >= 4 is 70.6 Å². The Hall–Kier alpha value is -2.03. The number of rotatable bonds is 2. The lowest BCUT2D eigenvalue weighted by Crippen LogP contribution is -2.18. The summed E-state index contributed by atoms with van der Waals surface area (Å²) in [4.78, 5) is 20.9. The van der Waals surface area contributed by atoms with Crippen LogP contribution in [0.5, 0.6) is 0 Å². The Kier molecular flexibility index (Phi) is 3.29. The second-order valence-corrected chi connectivity index (χ2v) is 7.72. The fourth-order valence-corrected chi connectivity index (χ4v) is 4.74. The van der Waals surface area contributed by atoms with E-state index in [1.165, 1.54) is 22.7 Å². The molecule has 0 spiro atoms. The minimum absolute atomic E-state index is 0.279. The summed E-state index contributed by atoms with van der Waals surface area (Å²) >= 11 is 4.60. The fourth-order valence-electron chi connectivity index (χ4n) is 2.13. The van der Waals surface area contributed by atoms with Crippen molar-refractivity contribution < 1.29 is 4.79 Å². The molecule has 0 atom stereocenters. The van der Waals surface area contributed by atoms with Gasteiger partial charge in [0, 0.05) is 0 Å². The first kappa shape index (κ1) is 13.6. The van der Waals surface area contributed by atoms with Crippen LogP contribution in [0, 0.1) is 6.92 Å². The number of thiophene rings is 1. The third-order valence-electron chi connectivity index (χ3n) is 3.00. The average Bonchev–Trinajstić information content (AvgIpc) is 3.16. The van der Waals surface area contributed by atoms with E-state index in [0.717, 1.165) is 30.4 Å². The van der Waals surface area contributed by atoms with E-state index in [0.29, 0.717) is 5.13 Å². The van der Waals surface area contributed by atoms with Crippen molar-refractivity contribution in [1.82, 2.24) is 9.97 Å². The van der Waals surface area contributed by atoms with Crippen molar-refractivity contribution in [3.63, 3.8) is 0 Å². The number of thiazole rings is 2. The normalized spacial score (nSPS) is 11.1. The molecule has 0 aliphatic heterocycles. The maximum Gasteiger partial charge on any atom is 0.326 e. The predicted octanol–water partition coefficient (Wildman–Crippen LogP) is 4.92. The second kappa shape index (κ2) is 5.31. The number of hydrogen-bond acceptors (Lipinski definition) is 6. The maximum atomic E-state index is 12.0. The largest absolute Gasteiger partial charge is 0.326 e. The highest BCUT2D eigenvalue weighted by Gasteiger charge is 2.12. The highest BCUT2D eigenvalue weighted by Crippen LogP contribution is 2.35. The molecule has 110 valence electrons. The second-order valence-electron chi connectivity index (χ2n) is 4.57. The number of carbonyl (C=O) groups excluding carboxylic acids is 1. The van der Waals surface area contributed by atoms with Crippen LogP contribution in [0.15, 0.2) is 29.6 Å². The van der Waals surface area contributed by atoms with Gasteiger partial charge in [0.1, 0.15) is 0 Å². The molecule has 3 aromatic heterocycles. The molecule has 8 heteroatoms. The zero-order valence-corrected chi connectivity index (χ0v) is 13.9. The van der Waals surface area contributed by atoms with Gasteiger partial charge in [-0.25, -0.2) is 14.8 Å². The average molecular weight is 346 g/mol. The van der Waals surface area contributed by atoms with Gasteiger partial charge < -0.3 is 0 Å². The molecule has 0 unspecified atom stereocenters. The first-order valence-corrected chi connectivity index (χ1v) is 8.98. The Morgan fingerprint density at radius 2 is 1.82 bits per heavy atom. The number of carbonyl (C=O) groups is 1. The Labute approximate surface area is 137 Å². The van der Waals surface area contributed by atoms with Crippen LogP contribution in [-0.4, -0.2) is 16.0 Å². The first-order valence-electron chi connectivity index (χ1n) is 6.47. The van der Waals surface area contributed by atoms with Crippen molar-refractivity contribution in [3.8, 4) is 0 Å². The van der Waals surface area contributed by atoms with E-state index in [2.05, 4.69) is 20.6 Å². The molecule has 0 bridgehead atoms. The Morgan fingerprint density at radius 3 is 2.59 bits per heavy atom. The summed E-state index contributed by atoms with van der Waals surface area (Å²) in [5.74, 6) is 0. The molecule has 4 rings (SSSR count). The van der Waals surface area contributed by atoms with Crippen LogP contribution >= 0.6 is 34.0 Å². The van der Waals surface area contributed by atoms with Crippen LogP contribution in [0.2, 0.25) is 0 Å². The van der Waals surface area contributed by atoms with Crippen molar-refractivity contribution in [3.05, 3.63) is 34.7 Å². The standard InChI is InChI=1S/C14H10N4OS3/c1-7-15-8-4-5-9-12(11(8)21-7)22-14(16-9)18-13(19)17-10-3-2-6-20-10/h2-6H,1H3,(H2,16,17,18,19). The lowest BCUT2D eigenvalue weighted by Gasteiger charge is -2.01. The highest BCUT2D eigenvalue weighted by molar-refractivity contribution is 7.28. The van der Waals surface area contributed by atoms with E-state index in [9.17, 15) is 4.79 Å². The minimum Gasteiger partial charge on any atom is -0.299 e. The van der Waals surface area contributed by atoms with Gasteiger partial charge in [0.2, 0.25) is 0 Å². The SMILES string of the molecule is Cc1nc2ccc3nc(NC(=O)Nc4cccs4)sc3c2s1. The Morgan fingerprint density at radius 1 is 1.05 bits per heavy atom. The third kappa shape index (κ3) is 2.45. The smallest absolute Gasteiger partial charge is 0.299 e. The van der Waals surface area contributed by atoms with E-state index in [1.54, 1.807) is 11.3 Å². The van der Waals surface area contributed by atoms with Gasteiger partial charge in [-0.05, 0) is 36.6 Å². The summed E-state index contributed by atoms with van der Waals surface area (Å²) in [5.41, 5.74) is 1.86. The van der Waals surface area contributed by atoms with E-state index in [-0.39, 0.29) is 6.03 Å². The first-order chi connectivity index (χ1) is 10.7. The van der Waals surface area contributed by atoms with Crippen LogP contribution in [0.1, 0.15) is 5.01 Å². The number of amides is 2. The molecule has 0 aliphatic rings. The maximum absolute atomic E-state index is 12.0. The van der Waals surface area contributed by atoms with Gasteiger partial charge in [-0.1, -0.05) is 11.3 Å². The van der Waals surface area contributed by atoms with Crippen molar-refractivity contribution in [1.29, 1.82) is 0 Å². The quantitative estimate of drug-likeness (QED) is 0.541.